The minimum Gasteiger partial charge on any atom is -0.396 e. The second-order valence-corrected chi connectivity index (χ2v) is 6.93. The van der Waals surface area contributed by atoms with Crippen LogP contribution >= 0.6 is 22.7 Å². The summed E-state index contributed by atoms with van der Waals surface area (Å²) in [7, 11) is 0. The zero-order valence-electron chi connectivity index (χ0n) is 11.4. The van der Waals surface area contributed by atoms with Crippen molar-refractivity contribution in [2.45, 2.75) is 31.7 Å². The molecule has 4 nitrogen and oxygen atoms in total. The number of nitrogens with two attached hydrogens (primary N) is 1. The van der Waals surface area contributed by atoms with Crippen LogP contribution in [0.2, 0.25) is 0 Å². The van der Waals surface area contributed by atoms with E-state index in [1.807, 2.05) is 5.38 Å². The van der Waals surface area contributed by atoms with Crippen molar-refractivity contribution in [2.24, 2.45) is 0 Å². The van der Waals surface area contributed by atoms with Crippen molar-refractivity contribution in [3.63, 3.8) is 0 Å². The summed E-state index contributed by atoms with van der Waals surface area (Å²) in [5, 5.41) is 17.1. The fraction of sp³-hybridized carbons (Fsp3) is 0.333. The van der Waals surface area contributed by atoms with Gasteiger partial charge in [0.15, 0.2) is 0 Å². The van der Waals surface area contributed by atoms with Gasteiger partial charge in [-0.2, -0.15) is 16.6 Å². The fourth-order valence-electron chi connectivity index (χ4n) is 2.61. The van der Waals surface area contributed by atoms with E-state index in [1.54, 1.807) is 11.4 Å². The molecule has 3 N–H and O–H groups in total. The van der Waals surface area contributed by atoms with Gasteiger partial charge in [0, 0.05) is 17.0 Å². The Morgan fingerprint density at radius 1 is 1.43 bits per heavy atom. The number of nitriles is 1. The molecular formula is C15H15N3OS2. The van der Waals surface area contributed by atoms with E-state index in [-0.39, 0.29) is 5.78 Å². The maximum absolute atomic E-state index is 12.4. The lowest BCUT2D eigenvalue weighted by Crippen LogP contribution is -2.14. The van der Waals surface area contributed by atoms with E-state index in [2.05, 4.69) is 11.4 Å². The van der Waals surface area contributed by atoms with Gasteiger partial charge in [0.05, 0.1) is 5.69 Å². The van der Waals surface area contributed by atoms with Crippen LogP contribution in [0.5, 0.6) is 0 Å². The number of carbonyl (C=O) groups is 1. The molecule has 0 aliphatic heterocycles. The molecule has 1 fully saturated rings. The molecule has 2 aromatic rings. The largest absolute Gasteiger partial charge is 0.396 e. The molecule has 2 aromatic heterocycles. The Balaban J connectivity index is 1.93. The topological polar surface area (TPSA) is 78.9 Å². The van der Waals surface area contributed by atoms with Crippen LogP contribution in [0, 0.1) is 11.3 Å². The third kappa shape index (κ3) is 2.67. The Bertz CT molecular complexity index is 691. The zero-order chi connectivity index (χ0) is 14.8. The van der Waals surface area contributed by atoms with Gasteiger partial charge in [-0.15, -0.1) is 11.3 Å². The fourth-order valence-corrected chi connectivity index (χ4v) is 4.35. The number of nitrogens with one attached hydrogen (secondary N) is 1. The second-order valence-electron chi connectivity index (χ2n) is 5.13. The lowest BCUT2D eigenvalue weighted by atomic mass is 10.1. The second kappa shape index (κ2) is 5.88. The summed E-state index contributed by atoms with van der Waals surface area (Å²) >= 11 is 2.77. The normalized spacial score (nSPS) is 15.0. The van der Waals surface area contributed by atoms with Crippen LogP contribution in [0.3, 0.4) is 0 Å². The standard InChI is InChI=1S/C15H15N3OS2/c16-7-11-12(17)14(13(19)9-5-6-20-8-9)21-15(11)18-10-3-1-2-4-10/h5-6,8,10,18H,1-4,17H2. The molecule has 2 heterocycles. The molecule has 0 spiro atoms. The molecule has 0 atom stereocenters. The first kappa shape index (κ1) is 14.1. The number of ketones is 1. The Morgan fingerprint density at radius 2 is 2.19 bits per heavy atom. The highest BCUT2D eigenvalue weighted by Gasteiger charge is 2.24. The lowest BCUT2D eigenvalue weighted by molar-refractivity contribution is 0.104. The van der Waals surface area contributed by atoms with Gasteiger partial charge >= 0.3 is 0 Å². The minimum atomic E-state index is -0.102. The number of hydrogen-bond donors (Lipinski definition) is 2. The smallest absolute Gasteiger partial charge is 0.206 e. The third-order valence-electron chi connectivity index (χ3n) is 3.74. The Morgan fingerprint density at radius 3 is 2.81 bits per heavy atom. The summed E-state index contributed by atoms with van der Waals surface area (Å²) in [5.74, 6) is -0.102. The van der Waals surface area contributed by atoms with Crippen molar-refractivity contribution in [3.8, 4) is 6.07 Å². The summed E-state index contributed by atoms with van der Waals surface area (Å²) in [6, 6.07) is 4.30. The van der Waals surface area contributed by atoms with Crippen LogP contribution in [0.4, 0.5) is 10.7 Å². The first-order valence-electron chi connectivity index (χ1n) is 6.86. The summed E-state index contributed by atoms with van der Waals surface area (Å²) in [6.07, 6.45) is 4.63. The van der Waals surface area contributed by atoms with Gasteiger partial charge in [-0.05, 0) is 24.3 Å². The van der Waals surface area contributed by atoms with Crippen LogP contribution in [-0.4, -0.2) is 11.8 Å². The molecule has 3 rings (SSSR count). The van der Waals surface area contributed by atoms with Gasteiger partial charge in [-0.3, -0.25) is 4.79 Å². The summed E-state index contributed by atoms with van der Waals surface area (Å²) in [5.41, 5.74) is 7.37. The predicted molar refractivity (Wildman–Crippen MR) is 87.1 cm³/mol. The number of hydrogen-bond acceptors (Lipinski definition) is 6. The first-order valence-corrected chi connectivity index (χ1v) is 8.62. The molecule has 21 heavy (non-hydrogen) atoms. The number of carbonyl (C=O) groups excluding carboxylic acids is 1. The van der Waals surface area contributed by atoms with Gasteiger partial charge in [0.2, 0.25) is 5.78 Å². The molecule has 108 valence electrons. The molecule has 0 saturated heterocycles. The zero-order valence-corrected chi connectivity index (χ0v) is 13.0. The van der Waals surface area contributed by atoms with Crippen molar-refractivity contribution < 1.29 is 4.79 Å². The monoisotopic (exact) mass is 317 g/mol. The predicted octanol–water partition coefficient (Wildman–Crippen LogP) is 3.85. The molecule has 1 aliphatic carbocycles. The molecule has 0 aromatic carbocycles. The van der Waals surface area contributed by atoms with E-state index in [0.29, 0.717) is 27.7 Å². The van der Waals surface area contributed by atoms with E-state index in [9.17, 15) is 10.1 Å². The average Bonchev–Trinajstić information content (AvgIpc) is 3.20. The SMILES string of the molecule is N#Cc1c(NC2CCCC2)sc(C(=O)c2ccsc2)c1N. The van der Waals surface area contributed by atoms with Gasteiger partial charge in [0.1, 0.15) is 21.5 Å². The van der Waals surface area contributed by atoms with Crippen LogP contribution in [0.15, 0.2) is 16.8 Å². The Hall–Kier alpha value is -1.84. The number of rotatable bonds is 4. The van der Waals surface area contributed by atoms with E-state index < -0.39 is 0 Å². The summed E-state index contributed by atoms with van der Waals surface area (Å²) in [6.45, 7) is 0. The number of thiophene rings is 2. The van der Waals surface area contributed by atoms with E-state index >= 15 is 0 Å². The Labute approximate surface area is 131 Å². The quantitative estimate of drug-likeness (QED) is 0.840. The van der Waals surface area contributed by atoms with E-state index in [4.69, 9.17) is 5.73 Å². The lowest BCUT2D eigenvalue weighted by Gasteiger charge is -2.11. The molecule has 0 unspecified atom stereocenters. The van der Waals surface area contributed by atoms with Crippen molar-refractivity contribution in [3.05, 3.63) is 32.8 Å². The maximum Gasteiger partial charge on any atom is 0.206 e. The maximum atomic E-state index is 12.4. The minimum absolute atomic E-state index is 0.102. The Kier molecular flexibility index (Phi) is 3.95. The van der Waals surface area contributed by atoms with Crippen LogP contribution in [0.25, 0.3) is 0 Å². The summed E-state index contributed by atoms with van der Waals surface area (Å²) in [4.78, 5) is 12.9. The average molecular weight is 317 g/mol. The van der Waals surface area contributed by atoms with Crippen molar-refractivity contribution >= 4 is 39.1 Å². The third-order valence-corrected chi connectivity index (χ3v) is 5.56. The summed E-state index contributed by atoms with van der Waals surface area (Å²) < 4.78 is 0. The molecule has 0 radical (unpaired) electrons. The highest BCUT2D eigenvalue weighted by Crippen LogP contribution is 2.38. The van der Waals surface area contributed by atoms with Crippen molar-refractivity contribution in [1.82, 2.24) is 0 Å². The number of nitrogen functional groups attached to an aromatic ring is 1. The molecular weight excluding hydrogens is 302 g/mol. The van der Waals surface area contributed by atoms with Crippen molar-refractivity contribution in [2.75, 3.05) is 11.1 Å². The van der Waals surface area contributed by atoms with Gasteiger partial charge < -0.3 is 11.1 Å². The van der Waals surface area contributed by atoms with Crippen LogP contribution in [-0.2, 0) is 0 Å². The molecule has 1 aliphatic rings. The number of nitrogens with zero attached hydrogens (tertiary/aromatic N) is 1. The van der Waals surface area contributed by atoms with E-state index in [1.165, 1.54) is 35.5 Å². The van der Waals surface area contributed by atoms with Gasteiger partial charge in [-0.25, -0.2) is 0 Å². The highest BCUT2D eigenvalue weighted by atomic mass is 32.1. The molecule has 6 heteroatoms. The highest BCUT2D eigenvalue weighted by molar-refractivity contribution is 7.19. The van der Waals surface area contributed by atoms with E-state index in [0.717, 1.165) is 17.8 Å². The molecule has 0 bridgehead atoms. The van der Waals surface area contributed by atoms with Crippen molar-refractivity contribution in [1.29, 1.82) is 5.26 Å². The molecule has 0 amide bonds. The number of anilines is 2. The first-order chi connectivity index (χ1) is 10.2. The van der Waals surface area contributed by atoms with Gasteiger partial charge in [0.25, 0.3) is 0 Å². The van der Waals surface area contributed by atoms with Crippen LogP contribution in [0.1, 0.15) is 46.5 Å². The molecule has 1 saturated carbocycles. The van der Waals surface area contributed by atoms with Gasteiger partial charge in [-0.1, -0.05) is 12.8 Å². The van der Waals surface area contributed by atoms with Crippen LogP contribution < -0.4 is 11.1 Å².